The Morgan fingerprint density at radius 1 is 1.19 bits per heavy atom. The van der Waals surface area contributed by atoms with E-state index >= 15 is 0 Å². The predicted molar refractivity (Wildman–Crippen MR) is 101 cm³/mol. The van der Waals surface area contributed by atoms with E-state index in [9.17, 15) is 0 Å². The highest BCUT2D eigenvalue weighted by atomic mass is 16.5. The summed E-state index contributed by atoms with van der Waals surface area (Å²) in [5.41, 5.74) is 8.87. The molecule has 0 radical (unpaired) electrons. The number of hydrazone groups is 1. The number of nitrogens with zero attached hydrogens (tertiary/aromatic N) is 3. The van der Waals surface area contributed by atoms with Crippen LogP contribution >= 0.6 is 0 Å². The molecule has 1 aliphatic carbocycles. The highest BCUT2D eigenvalue weighted by molar-refractivity contribution is 6.04. The first-order valence-corrected chi connectivity index (χ1v) is 8.91. The van der Waals surface area contributed by atoms with E-state index in [1.165, 1.54) is 0 Å². The Morgan fingerprint density at radius 2 is 2.00 bits per heavy atom. The van der Waals surface area contributed by atoms with E-state index < -0.39 is 0 Å². The summed E-state index contributed by atoms with van der Waals surface area (Å²) in [4.78, 5) is 4.35. The van der Waals surface area contributed by atoms with Gasteiger partial charge in [0.2, 0.25) is 11.7 Å². The minimum absolute atomic E-state index is 0.283. The number of hydrogen-bond donors (Lipinski definition) is 2. The molecule has 26 heavy (non-hydrogen) atoms. The summed E-state index contributed by atoms with van der Waals surface area (Å²) in [7, 11) is 0. The predicted octanol–water partition coefficient (Wildman–Crippen LogP) is 3.08. The first-order valence-electron chi connectivity index (χ1n) is 8.91. The topological polar surface area (TPSA) is 87.4 Å². The fraction of sp³-hybridized carbons (Fsp3) is 0.300. The molecule has 3 N–H and O–H groups in total. The van der Waals surface area contributed by atoms with Crippen LogP contribution in [0.25, 0.3) is 0 Å². The molecule has 132 valence electrons. The summed E-state index contributed by atoms with van der Waals surface area (Å²) >= 11 is 0. The van der Waals surface area contributed by atoms with Crippen molar-refractivity contribution >= 4 is 24.0 Å². The van der Waals surface area contributed by atoms with E-state index in [1.807, 2.05) is 41.1 Å². The zero-order valence-corrected chi connectivity index (χ0v) is 14.5. The molecule has 0 bridgehead atoms. The number of amidine groups is 1. The van der Waals surface area contributed by atoms with Crippen LogP contribution in [0.5, 0.6) is 5.88 Å². The Morgan fingerprint density at radius 3 is 2.81 bits per heavy atom. The second-order valence-electron chi connectivity index (χ2n) is 6.69. The van der Waals surface area contributed by atoms with Crippen LogP contribution in [0.1, 0.15) is 30.4 Å². The number of ether oxygens (including phenoxy) is 1. The van der Waals surface area contributed by atoms with Crippen LogP contribution in [0.3, 0.4) is 0 Å². The molecule has 1 saturated carbocycles. The van der Waals surface area contributed by atoms with Crippen molar-refractivity contribution in [3.63, 3.8) is 0 Å². The number of pyridine rings is 1. The van der Waals surface area contributed by atoms with Crippen LogP contribution in [0.15, 0.2) is 47.7 Å². The van der Waals surface area contributed by atoms with Gasteiger partial charge in [-0.3, -0.25) is 0 Å². The molecule has 1 aromatic carbocycles. The molecule has 2 aromatic rings. The first kappa shape index (κ1) is 16.4. The molecule has 1 aromatic heterocycles. The Balaban J connectivity index is 1.61. The van der Waals surface area contributed by atoms with E-state index in [-0.39, 0.29) is 5.92 Å². The minimum atomic E-state index is 0.283. The lowest BCUT2D eigenvalue weighted by molar-refractivity contribution is -0.438. The Hall–Kier alpha value is -3.02. The normalized spacial score (nSPS) is 22.9. The molecule has 0 spiro atoms. The van der Waals surface area contributed by atoms with Crippen molar-refractivity contribution in [2.24, 2.45) is 22.7 Å². The van der Waals surface area contributed by atoms with Crippen molar-refractivity contribution in [2.45, 2.75) is 25.9 Å². The maximum atomic E-state index is 7.61. The lowest BCUT2D eigenvalue weighted by Gasteiger charge is -2.08. The molecule has 1 fully saturated rings. The lowest BCUT2D eigenvalue weighted by atomic mass is 9.99. The number of nitrogens with one attached hydrogen (secondary N) is 1. The average Bonchev–Trinajstić information content (AvgIpc) is 3.26. The molecule has 6 nitrogen and oxygen atoms in total. The molecular weight excluding hydrogens is 326 g/mol. The third-order valence-electron chi connectivity index (χ3n) is 5.00. The van der Waals surface area contributed by atoms with Crippen molar-refractivity contribution in [1.29, 1.82) is 5.41 Å². The highest BCUT2D eigenvalue weighted by Crippen LogP contribution is 2.34. The molecular formula is C20H22N5O+. The third-order valence-corrected chi connectivity index (χ3v) is 5.00. The number of nitrogens with two attached hydrogens (primary N) is 1. The van der Waals surface area contributed by atoms with Crippen LogP contribution in [0, 0.1) is 17.2 Å². The second-order valence-corrected chi connectivity index (χ2v) is 6.69. The van der Waals surface area contributed by atoms with Gasteiger partial charge in [0.15, 0.2) is 11.8 Å². The van der Waals surface area contributed by atoms with Gasteiger partial charge < -0.3 is 15.9 Å². The van der Waals surface area contributed by atoms with E-state index in [0.717, 1.165) is 36.1 Å². The van der Waals surface area contributed by atoms with Gasteiger partial charge in [-0.15, -0.1) is 0 Å². The number of hydrogen-bond acceptors (Lipinski definition) is 5. The summed E-state index contributed by atoms with van der Waals surface area (Å²) in [5.74, 6) is 1.51. The molecule has 0 amide bonds. The maximum Gasteiger partial charge on any atom is 0.255 e. The van der Waals surface area contributed by atoms with Crippen LogP contribution < -0.4 is 10.5 Å². The van der Waals surface area contributed by atoms with Crippen molar-refractivity contribution in [2.75, 3.05) is 0 Å². The van der Waals surface area contributed by atoms with Gasteiger partial charge in [0, 0.05) is 29.2 Å². The Bertz CT molecular complexity index is 875. The molecule has 2 atom stereocenters. The van der Waals surface area contributed by atoms with Crippen LogP contribution in [0.2, 0.25) is 0 Å². The van der Waals surface area contributed by atoms with Crippen LogP contribution in [-0.4, -0.2) is 27.9 Å². The Labute approximate surface area is 152 Å². The maximum absolute atomic E-state index is 7.61. The standard InChI is InChI=1S/C20H22N5O/c21-11-15-7-4-8-16(15)12-25-17-9-10-23-20(18(17)19(22)24-25)26-13-14-5-2-1-3-6-14/h1-3,5-6,9-12,15-16,21H,4,7-8,13H2,(H2,22,24)/q+1. The number of benzene rings is 1. The SMILES string of the molecule is N=CC1CCCC1C=[N+]1N=C(N)c2c1ccnc2OCc1ccccc1. The summed E-state index contributed by atoms with van der Waals surface area (Å²) in [6.45, 7) is 0.430. The van der Waals surface area contributed by atoms with Gasteiger partial charge in [0.25, 0.3) is 5.69 Å². The minimum Gasteiger partial charge on any atom is -0.472 e. The molecule has 6 heteroatoms. The van der Waals surface area contributed by atoms with Crippen molar-refractivity contribution in [1.82, 2.24) is 4.98 Å². The smallest absolute Gasteiger partial charge is 0.255 e. The second kappa shape index (κ2) is 7.07. The van der Waals surface area contributed by atoms with Gasteiger partial charge in [0.05, 0.1) is 0 Å². The quantitative estimate of drug-likeness (QED) is 0.643. The molecule has 1 aliphatic heterocycles. The summed E-state index contributed by atoms with van der Waals surface area (Å²) in [5, 5.41) is 12.1. The van der Waals surface area contributed by atoms with E-state index in [0.29, 0.717) is 24.2 Å². The third kappa shape index (κ3) is 3.10. The van der Waals surface area contributed by atoms with Gasteiger partial charge in [0.1, 0.15) is 6.61 Å². The zero-order valence-electron chi connectivity index (χ0n) is 14.5. The molecule has 2 unspecified atom stereocenters. The lowest BCUT2D eigenvalue weighted by Crippen LogP contribution is -2.14. The summed E-state index contributed by atoms with van der Waals surface area (Å²) in [6, 6.07) is 11.9. The zero-order chi connectivity index (χ0) is 17.9. The van der Waals surface area contributed by atoms with E-state index in [1.54, 1.807) is 12.4 Å². The molecule has 0 saturated heterocycles. The fourth-order valence-corrected chi connectivity index (χ4v) is 3.62. The van der Waals surface area contributed by atoms with Gasteiger partial charge in [-0.1, -0.05) is 41.4 Å². The van der Waals surface area contributed by atoms with Crippen molar-refractivity contribution in [3.05, 3.63) is 53.7 Å². The van der Waals surface area contributed by atoms with Gasteiger partial charge in [-0.05, 0) is 24.6 Å². The average molecular weight is 348 g/mol. The van der Waals surface area contributed by atoms with E-state index in [4.69, 9.17) is 15.9 Å². The highest BCUT2D eigenvalue weighted by Gasteiger charge is 2.34. The van der Waals surface area contributed by atoms with Crippen molar-refractivity contribution in [3.8, 4) is 5.88 Å². The van der Waals surface area contributed by atoms with Crippen LogP contribution in [-0.2, 0) is 6.61 Å². The Kier molecular flexibility index (Phi) is 4.48. The summed E-state index contributed by atoms with van der Waals surface area (Å²) in [6.07, 6.45) is 8.64. The molecule has 4 rings (SSSR count). The van der Waals surface area contributed by atoms with Gasteiger partial charge in [-0.2, -0.15) is 0 Å². The first-order chi connectivity index (χ1) is 12.8. The fourth-order valence-electron chi connectivity index (χ4n) is 3.62. The number of rotatable bonds is 5. The van der Waals surface area contributed by atoms with E-state index in [2.05, 4.69) is 16.3 Å². The largest absolute Gasteiger partial charge is 0.472 e. The number of aromatic nitrogens is 1. The van der Waals surface area contributed by atoms with Crippen LogP contribution in [0.4, 0.5) is 5.69 Å². The monoisotopic (exact) mass is 348 g/mol. The number of fused-ring (bicyclic) bond motifs is 1. The van der Waals surface area contributed by atoms with Crippen molar-refractivity contribution < 1.29 is 9.42 Å². The molecule has 2 heterocycles. The molecule has 2 aliphatic rings. The van der Waals surface area contributed by atoms with Gasteiger partial charge >= 0.3 is 0 Å². The summed E-state index contributed by atoms with van der Waals surface area (Å²) < 4.78 is 7.74. The van der Waals surface area contributed by atoms with Gasteiger partial charge in [-0.25, -0.2) is 4.98 Å².